The predicted octanol–water partition coefficient (Wildman–Crippen LogP) is 2.96. The highest BCUT2D eigenvalue weighted by atomic mass is 35.5. The van der Waals surface area contributed by atoms with Crippen LogP contribution in [0, 0.1) is 10.1 Å². The van der Waals surface area contributed by atoms with Crippen LogP contribution in [0.25, 0.3) is 0 Å². The van der Waals surface area contributed by atoms with Crippen molar-refractivity contribution >= 4 is 34.8 Å². The van der Waals surface area contributed by atoms with Gasteiger partial charge in [-0.25, -0.2) is 0 Å². The van der Waals surface area contributed by atoms with E-state index in [-0.39, 0.29) is 22.2 Å². The van der Waals surface area contributed by atoms with Gasteiger partial charge in [0.05, 0.1) is 27.6 Å². The molecule has 2 aromatic rings. The third-order valence-electron chi connectivity index (χ3n) is 3.90. The fraction of sp³-hybridized carbons (Fsp3) is 0.176. The number of carbonyl (C=O) groups excluding carboxylic acids is 2. The smallest absolute Gasteiger partial charge is 0.270 e. The van der Waals surface area contributed by atoms with E-state index in [4.69, 9.17) is 16.3 Å². The van der Waals surface area contributed by atoms with E-state index in [1.807, 2.05) is 0 Å². The van der Waals surface area contributed by atoms with Crippen LogP contribution < -0.4 is 10.1 Å². The normalized spacial score (nSPS) is 13.5. The lowest BCUT2D eigenvalue weighted by atomic mass is 10.1. The zero-order valence-electron chi connectivity index (χ0n) is 13.7. The van der Waals surface area contributed by atoms with Crippen molar-refractivity contribution in [2.24, 2.45) is 0 Å². The Balaban J connectivity index is 1.89. The fourth-order valence-corrected chi connectivity index (χ4v) is 2.70. The Kier molecular flexibility index (Phi) is 4.77. The van der Waals surface area contributed by atoms with Crippen LogP contribution in [-0.2, 0) is 0 Å². The first kappa shape index (κ1) is 17.7. The molecule has 1 aliphatic heterocycles. The number of nitrogens with zero attached hydrogens (tertiary/aromatic N) is 2. The highest BCUT2D eigenvalue weighted by Gasteiger charge is 2.22. The van der Waals surface area contributed by atoms with Gasteiger partial charge < -0.3 is 15.0 Å². The lowest BCUT2D eigenvalue weighted by Crippen LogP contribution is -2.27. The molecule has 0 spiro atoms. The van der Waals surface area contributed by atoms with Crippen molar-refractivity contribution in [3.05, 3.63) is 62.7 Å². The van der Waals surface area contributed by atoms with E-state index in [2.05, 4.69) is 5.32 Å². The fourth-order valence-electron chi connectivity index (χ4n) is 2.50. The van der Waals surface area contributed by atoms with Crippen LogP contribution in [0.15, 0.2) is 36.4 Å². The maximum absolute atomic E-state index is 12.4. The summed E-state index contributed by atoms with van der Waals surface area (Å²) in [5.74, 6) is -0.401. The van der Waals surface area contributed by atoms with Crippen LogP contribution >= 0.6 is 11.6 Å². The zero-order valence-corrected chi connectivity index (χ0v) is 14.4. The summed E-state index contributed by atoms with van der Waals surface area (Å²) in [5, 5.41) is 13.6. The summed E-state index contributed by atoms with van der Waals surface area (Å²) in [6.45, 7) is 0.836. The average Bonchev–Trinajstić information content (AvgIpc) is 2.74. The molecular weight excluding hydrogens is 362 g/mol. The summed E-state index contributed by atoms with van der Waals surface area (Å²) in [6, 6.07) is 8.29. The number of hydrogen-bond donors (Lipinski definition) is 1. The molecule has 0 atom stereocenters. The molecule has 0 bridgehead atoms. The number of nitro benzene ring substituents is 1. The molecular formula is C17H14ClN3O5. The second kappa shape index (κ2) is 7.01. The van der Waals surface area contributed by atoms with E-state index < -0.39 is 10.8 Å². The summed E-state index contributed by atoms with van der Waals surface area (Å²) in [5.41, 5.74) is 0.402. The number of anilines is 1. The molecule has 0 fully saturated rings. The molecule has 0 radical (unpaired) electrons. The van der Waals surface area contributed by atoms with Crippen molar-refractivity contribution in [1.82, 2.24) is 4.90 Å². The van der Waals surface area contributed by atoms with Crippen LogP contribution in [0.3, 0.4) is 0 Å². The van der Waals surface area contributed by atoms with Gasteiger partial charge in [0.2, 0.25) is 0 Å². The largest absolute Gasteiger partial charge is 0.491 e. The highest BCUT2D eigenvalue weighted by Crippen LogP contribution is 2.27. The highest BCUT2D eigenvalue weighted by molar-refractivity contribution is 6.34. The van der Waals surface area contributed by atoms with Crippen LogP contribution in [0.1, 0.15) is 20.7 Å². The molecule has 1 aliphatic rings. The van der Waals surface area contributed by atoms with E-state index in [0.29, 0.717) is 30.2 Å². The molecule has 134 valence electrons. The van der Waals surface area contributed by atoms with Crippen molar-refractivity contribution in [3.8, 4) is 5.75 Å². The monoisotopic (exact) mass is 375 g/mol. The van der Waals surface area contributed by atoms with E-state index in [1.54, 1.807) is 19.2 Å². The second-order valence-corrected chi connectivity index (χ2v) is 6.07. The number of nitro groups is 1. The molecule has 0 aliphatic carbocycles. The van der Waals surface area contributed by atoms with Gasteiger partial charge in [0.25, 0.3) is 17.5 Å². The summed E-state index contributed by atoms with van der Waals surface area (Å²) >= 11 is 5.98. The molecule has 3 rings (SSSR count). The molecule has 0 saturated carbocycles. The van der Waals surface area contributed by atoms with Crippen LogP contribution in [0.5, 0.6) is 5.75 Å². The summed E-state index contributed by atoms with van der Waals surface area (Å²) in [7, 11) is 1.66. The number of halogens is 1. The number of nitrogens with one attached hydrogen (secondary N) is 1. The van der Waals surface area contributed by atoms with Gasteiger partial charge in [-0.1, -0.05) is 11.6 Å². The van der Waals surface area contributed by atoms with Crippen molar-refractivity contribution < 1.29 is 19.2 Å². The van der Waals surface area contributed by atoms with Crippen LogP contribution in [0.4, 0.5) is 11.4 Å². The van der Waals surface area contributed by atoms with Gasteiger partial charge in [-0.05, 0) is 24.3 Å². The number of non-ortho nitro benzene ring substituents is 1. The van der Waals surface area contributed by atoms with Gasteiger partial charge in [-0.2, -0.15) is 0 Å². The van der Waals surface area contributed by atoms with Gasteiger partial charge in [-0.3, -0.25) is 19.7 Å². The van der Waals surface area contributed by atoms with Gasteiger partial charge in [0.1, 0.15) is 12.4 Å². The molecule has 1 N–H and O–H groups in total. The molecule has 0 saturated heterocycles. The lowest BCUT2D eigenvalue weighted by molar-refractivity contribution is -0.384. The first-order chi connectivity index (χ1) is 12.4. The molecule has 26 heavy (non-hydrogen) atoms. The van der Waals surface area contributed by atoms with Crippen molar-refractivity contribution in [1.29, 1.82) is 0 Å². The number of rotatable bonds is 3. The molecule has 8 nitrogen and oxygen atoms in total. The molecule has 9 heteroatoms. The Labute approximate surface area is 153 Å². The first-order valence-electron chi connectivity index (χ1n) is 7.64. The minimum atomic E-state index is -0.617. The lowest BCUT2D eigenvalue weighted by Gasteiger charge is -2.13. The summed E-state index contributed by atoms with van der Waals surface area (Å²) in [4.78, 5) is 36.6. The third-order valence-corrected chi connectivity index (χ3v) is 4.23. The van der Waals surface area contributed by atoms with Gasteiger partial charge in [0.15, 0.2) is 0 Å². The molecule has 1 heterocycles. The van der Waals surface area contributed by atoms with Gasteiger partial charge in [0, 0.05) is 24.9 Å². The maximum atomic E-state index is 12.4. The number of ether oxygens (including phenoxy) is 1. The molecule has 0 aromatic heterocycles. The van der Waals surface area contributed by atoms with Crippen LogP contribution in [0.2, 0.25) is 5.02 Å². The SMILES string of the molecule is CN1CCOc2ccc(NC(=O)c3cc([N+](=O)[O-])ccc3Cl)cc2C1=O. The summed E-state index contributed by atoms with van der Waals surface area (Å²) < 4.78 is 5.52. The first-order valence-corrected chi connectivity index (χ1v) is 8.02. The summed E-state index contributed by atoms with van der Waals surface area (Å²) in [6.07, 6.45) is 0. The van der Waals surface area contributed by atoms with E-state index in [9.17, 15) is 19.7 Å². The predicted molar refractivity (Wildman–Crippen MR) is 95.0 cm³/mol. The Morgan fingerprint density at radius 1 is 1.31 bits per heavy atom. The maximum Gasteiger partial charge on any atom is 0.270 e. The van der Waals surface area contributed by atoms with Crippen LogP contribution in [-0.4, -0.2) is 41.8 Å². The van der Waals surface area contributed by atoms with E-state index in [0.717, 1.165) is 6.07 Å². The average molecular weight is 376 g/mol. The minimum absolute atomic E-state index is 0.0319. The molecule has 2 amide bonds. The Hall–Kier alpha value is -3.13. The minimum Gasteiger partial charge on any atom is -0.491 e. The standard InChI is InChI=1S/C17H14ClN3O5/c1-20-6-7-26-15-5-2-10(8-13(15)17(20)23)19-16(22)12-9-11(21(24)25)3-4-14(12)18/h2-5,8-9H,6-7H2,1H3,(H,19,22). The number of fused-ring (bicyclic) bond motifs is 1. The Bertz CT molecular complexity index is 915. The second-order valence-electron chi connectivity index (χ2n) is 5.66. The van der Waals surface area contributed by atoms with Gasteiger partial charge in [-0.15, -0.1) is 0 Å². The quantitative estimate of drug-likeness (QED) is 0.656. The van der Waals surface area contributed by atoms with E-state index in [1.165, 1.54) is 23.1 Å². The molecule has 0 unspecified atom stereocenters. The number of amides is 2. The number of hydrogen-bond acceptors (Lipinski definition) is 5. The number of likely N-dealkylation sites (N-methyl/N-ethyl adjacent to an activating group) is 1. The Morgan fingerprint density at radius 2 is 2.08 bits per heavy atom. The number of benzene rings is 2. The van der Waals surface area contributed by atoms with Crippen molar-refractivity contribution in [3.63, 3.8) is 0 Å². The van der Waals surface area contributed by atoms with Gasteiger partial charge >= 0.3 is 0 Å². The zero-order chi connectivity index (χ0) is 18.8. The van der Waals surface area contributed by atoms with Crippen molar-refractivity contribution in [2.45, 2.75) is 0 Å². The Morgan fingerprint density at radius 3 is 2.81 bits per heavy atom. The van der Waals surface area contributed by atoms with E-state index >= 15 is 0 Å². The third kappa shape index (κ3) is 3.45. The topological polar surface area (TPSA) is 102 Å². The molecule has 2 aromatic carbocycles. The number of carbonyl (C=O) groups is 2. The van der Waals surface area contributed by atoms with Crippen molar-refractivity contribution in [2.75, 3.05) is 25.5 Å².